The summed E-state index contributed by atoms with van der Waals surface area (Å²) in [6, 6.07) is 7.76. The van der Waals surface area contributed by atoms with Crippen LogP contribution < -0.4 is 5.32 Å². The molecule has 1 heterocycles. The molecule has 0 bridgehead atoms. The molecule has 0 aliphatic carbocycles. The lowest BCUT2D eigenvalue weighted by Gasteiger charge is -2.01. The van der Waals surface area contributed by atoms with Crippen LogP contribution in [-0.4, -0.2) is 23.8 Å². The van der Waals surface area contributed by atoms with Gasteiger partial charge in [0.2, 0.25) is 0 Å². The van der Waals surface area contributed by atoms with E-state index in [0.717, 1.165) is 29.2 Å². The zero-order valence-electron chi connectivity index (χ0n) is 10.0. The fourth-order valence-electron chi connectivity index (χ4n) is 1.82. The zero-order valence-corrected chi connectivity index (χ0v) is 10.8. The minimum atomic E-state index is 0.748. The highest BCUT2D eigenvalue weighted by Crippen LogP contribution is 2.24. The van der Waals surface area contributed by atoms with E-state index >= 15 is 0 Å². The molecule has 17 heavy (non-hydrogen) atoms. The maximum Gasteiger partial charge on any atom is 0.0952 e. The predicted molar refractivity (Wildman–Crippen MR) is 71.4 cm³/mol. The van der Waals surface area contributed by atoms with Crippen molar-refractivity contribution in [2.75, 3.05) is 13.6 Å². The fourth-order valence-corrected chi connectivity index (χ4v) is 1.94. The smallest absolute Gasteiger partial charge is 0.0952 e. The monoisotopic (exact) mass is 249 g/mol. The third-order valence-electron chi connectivity index (χ3n) is 2.85. The number of nitrogens with one attached hydrogen (secondary N) is 2. The summed E-state index contributed by atoms with van der Waals surface area (Å²) >= 11 is 5.88. The van der Waals surface area contributed by atoms with Crippen molar-refractivity contribution >= 4 is 11.6 Å². The van der Waals surface area contributed by atoms with Gasteiger partial charge in [-0.05, 0) is 31.7 Å². The largest absolute Gasteiger partial charge is 0.319 e. The number of hydrogen-bond donors (Lipinski definition) is 2. The molecular formula is C13H16ClN3. The van der Waals surface area contributed by atoms with E-state index in [-0.39, 0.29) is 0 Å². The van der Waals surface area contributed by atoms with E-state index < -0.39 is 0 Å². The standard InChI is InChI=1S/C13H16ClN3/c1-9-12(7-8-15-2)16-17-13(9)10-3-5-11(14)6-4-10/h3-6,15H,7-8H2,1-2H3,(H,16,17). The van der Waals surface area contributed by atoms with E-state index in [2.05, 4.69) is 22.4 Å². The molecule has 90 valence electrons. The number of benzene rings is 1. The average Bonchev–Trinajstić information content (AvgIpc) is 2.69. The molecular weight excluding hydrogens is 234 g/mol. The predicted octanol–water partition coefficient (Wildman–Crippen LogP) is 2.80. The van der Waals surface area contributed by atoms with Gasteiger partial charge in [0, 0.05) is 29.2 Å². The van der Waals surface area contributed by atoms with E-state index in [1.54, 1.807) is 0 Å². The fraction of sp³-hybridized carbons (Fsp3) is 0.308. The van der Waals surface area contributed by atoms with E-state index in [1.807, 2.05) is 31.3 Å². The second-order valence-corrected chi connectivity index (χ2v) is 4.47. The lowest BCUT2D eigenvalue weighted by molar-refractivity contribution is 0.769. The summed E-state index contributed by atoms with van der Waals surface area (Å²) in [6.07, 6.45) is 0.961. The van der Waals surface area contributed by atoms with Gasteiger partial charge < -0.3 is 5.32 Å². The van der Waals surface area contributed by atoms with Crippen LogP contribution in [0.4, 0.5) is 0 Å². The highest BCUT2D eigenvalue weighted by atomic mass is 35.5. The Balaban J connectivity index is 2.27. The topological polar surface area (TPSA) is 40.7 Å². The molecule has 3 nitrogen and oxygen atoms in total. The first-order valence-corrected chi connectivity index (χ1v) is 6.04. The summed E-state index contributed by atoms with van der Waals surface area (Å²) in [4.78, 5) is 0. The third-order valence-corrected chi connectivity index (χ3v) is 3.11. The summed E-state index contributed by atoms with van der Waals surface area (Å²) < 4.78 is 0. The lowest BCUT2D eigenvalue weighted by Crippen LogP contribution is -2.11. The van der Waals surface area contributed by atoms with Crippen molar-refractivity contribution in [3.63, 3.8) is 0 Å². The SMILES string of the molecule is CNCCc1[nH]nc(-c2ccc(Cl)cc2)c1C. The average molecular weight is 250 g/mol. The molecule has 1 aromatic carbocycles. The summed E-state index contributed by atoms with van der Waals surface area (Å²) in [5, 5.41) is 11.4. The quantitative estimate of drug-likeness (QED) is 0.875. The molecule has 0 aliphatic rings. The van der Waals surface area contributed by atoms with E-state index in [1.165, 1.54) is 11.3 Å². The van der Waals surface area contributed by atoms with Crippen LogP contribution in [0.5, 0.6) is 0 Å². The van der Waals surface area contributed by atoms with Crippen LogP contribution in [0.15, 0.2) is 24.3 Å². The van der Waals surface area contributed by atoms with Crippen LogP contribution in [0.3, 0.4) is 0 Å². The Labute approximate surface area is 106 Å². The highest BCUT2D eigenvalue weighted by molar-refractivity contribution is 6.30. The number of nitrogens with zero attached hydrogens (tertiary/aromatic N) is 1. The van der Waals surface area contributed by atoms with E-state index in [9.17, 15) is 0 Å². The summed E-state index contributed by atoms with van der Waals surface area (Å²) in [5.41, 5.74) is 4.50. The Bertz CT molecular complexity index is 488. The van der Waals surface area contributed by atoms with Gasteiger partial charge in [0.25, 0.3) is 0 Å². The second kappa shape index (κ2) is 5.34. The van der Waals surface area contributed by atoms with Crippen LogP contribution in [0.25, 0.3) is 11.3 Å². The maximum atomic E-state index is 5.88. The van der Waals surface area contributed by atoms with Gasteiger partial charge in [0.15, 0.2) is 0 Å². The summed E-state index contributed by atoms with van der Waals surface area (Å²) in [5.74, 6) is 0. The molecule has 0 aliphatic heterocycles. The van der Waals surface area contributed by atoms with Gasteiger partial charge in [0.05, 0.1) is 5.69 Å². The zero-order chi connectivity index (χ0) is 12.3. The maximum absolute atomic E-state index is 5.88. The normalized spacial score (nSPS) is 10.8. The molecule has 0 radical (unpaired) electrons. The van der Waals surface area contributed by atoms with Gasteiger partial charge in [-0.25, -0.2) is 0 Å². The highest BCUT2D eigenvalue weighted by Gasteiger charge is 2.10. The Morgan fingerprint density at radius 3 is 2.65 bits per heavy atom. The Hall–Kier alpha value is -1.32. The Morgan fingerprint density at radius 2 is 2.00 bits per heavy atom. The minimum absolute atomic E-state index is 0.748. The number of rotatable bonds is 4. The number of aromatic nitrogens is 2. The first kappa shape index (κ1) is 12.1. The number of halogens is 1. The van der Waals surface area contributed by atoms with Gasteiger partial charge in [-0.3, -0.25) is 5.10 Å². The lowest BCUT2D eigenvalue weighted by atomic mass is 10.1. The summed E-state index contributed by atoms with van der Waals surface area (Å²) in [7, 11) is 1.95. The van der Waals surface area contributed by atoms with Crippen molar-refractivity contribution < 1.29 is 0 Å². The van der Waals surface area contributed by atoms with Gasteiger partial charge in [0.1, 0.15) is 0 Å². The molecule has 2 aromatic rings. The van der Waals surface area contributed by atoms with Crippen LogP contribution in [0, 0.1) is 6.92 Å². The molecule has 0 amide bonds. The van der Waals surface area contributed by atoms with E-state index in [4.69, 9.17) is 11.6 Å². The Kier molecular flexibility index (Phi) is 3.82. The van der Waals surface area contributed by atoms with Crippen LogP contribution in [-0.2, 0) is 6.42 Å². The van der Waals surface area contributed by atoms with Gasteiger partial charge in [-0.2, -0.15) is 5.10 Å². The minimum Gasteiger partial charge on any atom is -0.319 e. The molecule has 0 spiro atoms. The molecule has 0 atom stereocenters. The number of aromatic amines is 1. The molecule has 4 heteroatoms. The summed E-state index contributed by atoms with van der Waals surface area (Å²) in [6.45, 7) is 3.04. The number of H-pyrrole nitrogens is 1. The molecule has 2 N–H and O–H groups in total. The van der Waals surface area contributed by atoms with Gasteiger partial charge in [-0.15, -0.1) is 0 Å². The van der Waals surface area contributed by atoms with Crippen LogP contribution in [0.2, 0.25) is 5.02 Å². The number of likely N-dealkylation sites (N-methyl/N-ethyl adjacent to an activating group) is 1. The van der Waals surface area contributed by atoms with Gasteiger partial charge in [-0.1, -0.05) is 23.7 Å². The number of hydrogen-bond acceptors (Lipinski definition) is 2. The van der Waals surface area contributed by atoms with Crippen molar-refractivity contribution in [2.24, 2.45) is 0 Å². The molecule has 0 unspecified atom stereocenters. The Morgan fingerprint density at radius 1 is 1.29 bits per heavy atom. The van der Waals surface area contributed by atoms with Gasteiger partial charge >= 0.3 is 0 Å². The van der Waals surface area contributed by atoms with Crippen molar-refractivity contribution in [1.82, 2.24) is 15.5 Å². The molecule has 1 aromatic heterocycles. The van der Waals surface area contributed by atoms with E-state index in [0.29, 0.717) is 0 Å². The van der Waals surface area contributed by atoms with Crippen molar-refractivity contribution in [3.05, 3.63) is 40.5 Å². The molecule has 2 rings (SSSR count). The first-order valence-electron chi connectivity index (χ1n) is 5.66. The van der Waals surface area contributed by atoms with Crippen LogP contribution in [0.1, 0.15) is 11.3 Å². The second-order valence-electron chi connectivity index (χ2n) is 4.04. The third kappa shape index (κ3) is 2.68. The first-order chi connectivity index (χ1) is 8.22. The molecule has 0 fully saturated rings. The molecule has 0 saturated carbocycles. The van der Waals surface area contributed by atoms with Crippen LogP contribution >= 0.6 is 11.6 Å². The molecule has 0 saturated heterocycles. The van der Waals surface area contributed by atoms with Crippen molar-refractivity contribution in [2.45, 2.75) is 13.3 Å². The van der Waals surface area contributed by atoms with Crippen molar-refractivity contribution in [3.8, 4) is 11.3 Å². The van der Waals surface area contributed by atoms with Crippen molar-refractivity contribution in [1.29, 1.82) is 0 Å².